The molecule has 0 fully saturated rings. The number of nitrogens with one attached hydrogen (secondary N) is 1. The summed E-state index contributed by atoms with van der Waals surface area (Å²) in [6.07, 6.45) is 5.46. The van der Waals surface area contributed by atoms with Gasteiger partial charge >= 0.3 is 0 Å². The van der Waals surface area contributed by atoms with Gasteiger partial charge in [0.05, 0.1) is 11.1 Å². The van der Waals surface area contributed by atoms with Crippen LogP contribution in [0.15, 0.2) is 10.9 Å². The summed E-state index contributed by atoms with van der Waals surface area (Å²) in [5, 5.41) is 14.6. The highest BCUT2D eigenvalue weighted by Crippen LogP contribution is 2.37. The number of carbonyl (C=O) groups excluding carboxylic acids is 1. The van der Waals surface area contributed by atoms with Crippen molar-refractivity contribution in [1.82, 2.24) is 4.98 Å². The topological polar surface area (TPSA) is 65.8 Å². The smallest absolute Gasteiger partial charge is 0.275 e. The summed E-state index contributed by atoms with van der Waals surface area (Å²) < 4.78 is 0. The van der Waals surface area contributed by atoms with Crippen LogP contribution in [0, 0.1) is 11.3 Å². The number of thiophene rings is 1. The molecule has 2 aromatic heterocycles. The number of nitrogens with zero attached hydrogens (tertiary/aromatic N) is 2. The quantitative estimate of drug-likeness (QED) is 0.862. The Bertz CT molecular complexity index is 667. The number of rotatable bonds is 2. The summed E-state index contributed by atoms with van der Waals surface area (Å²) in [5.74, 6) is -0.237. The molecule has 0 spiro atoms. The molecule has 2 aromatic rings. The number of thiazole rings is 1. The van der Waals surface area contributed by atoms with Crippen LogP contribution in [-0.2, 0) is 12.8 Å². The van der Waals surface area contributed by atoms with Crippen molar-refractivity contribution >= 4 is 33.6 Å². The fourth-order valence-electron chi connectivity index (χ4n) is 2.44. The number of fused-ring (bicyclic) bond motifs is 1. The van der Waals surface area contributed by atoms with E-state index in [-0.39, 0.29) is 5.91 Å². The molecule has 3 rings (SSSR count). The lowest BCUT2D eigenvalue weighted by molar-refractivity contribution is 0.102. The predicted molar refractivity (Wildman–Crippen MR) is 80.4 cm³/mol. The molecule has 0 bridgehead atoms. The molecule has 0 radical (unpaired) electrons. The van der Waals surface area contributed by atoms with Gasteiger partial charge in [-0.25, -0.2) is 4.98 Å². The average molecular weight is 303 g/mol. The second-order valence-electron chi connectivity index (χ2n) is 4.71. The van der Waals surface area contributed by atoms with E-state index in [0.717, 1.165) is 31.2 Å². The summed E-state index contributed by atoms with van der Waals surface area (Å²) in [6.45, 7) is 0. The minimum Gasteiger partial charge on any atom is -0.311 e. The van der Waals surface area contributed by atoms with Crippen molar-refractivity contribution < 1.29 is 4.79 Å². The zero-order valence-electron chi connectivity index (χ0n) is 10.8. The number of aryl methyl sites for hydroxylation is 1. The summed E-state index contributed by atoms with van der Waals surface area (Å²) in [7, 11) is 0. The Morgan fingerprint density at radius 3 is 2.95 bits per heavy atom. The van der Waals surface area contributed by atoms with Crippen LogP contribution in [0.2, 0.25) is 0 Å². The number of aromatic nitrogens is 1. The number of amides is 1. The number of nitriles is 1. The minimum absolute atomic E-state index is 0.237. The van der Waals surface area contributed by atoms with E-state index in [0.29, 0.717) is 16.3 Å². The van der Waals surface area contributed by atoms with Crippen molar-refractivity contribution in [3.8, 4) is 6.07 Å². The first kappa shape index (κ1) is 13.3. The Hall–Kier alpha value is -1.71. The maximum absolute atomic E-state index is 12.1. The van der Waals surface area contributed by atoms with Crippen molar-refractivity contribution in [2.24, 2.45) is 0 Å². The summed E-state index contributed by atoms with van der Waals surface area (Å²) >= 11 is 2.93. The van der Waals surface area contributed by atoms with Gasteiger partial charge in [-0.05, 0) is 31.2 Å². The monoisotopic (exact) mass is 303 g/mol. The van der Waals surface area contributed by atoms with E-state index in [2.05, 4.69) is 16.4 Å². The fraction of sp³-hybridized carbons (Fsp3) is 0.357. The van der Waals surface area contributed by atoms with Crippen molar-refractivity contribution in [3.05, 3.63) is 32.6 Å². The van der Waals surface area contributed by atoms with Crippen LogP contribution in [0.3, 0.4) is 0 Å². The lowest BCUT2D eigenvalue weighted by Gasteiger charge is -2.01. The number of hydrogen-bond acceptors (Lipinski definition) is 5. The first-order chi connectivity index (χ1) is 9.79. The molecule has 1 N–H and O–H groups in total. The molecule has 2 heterocycles. The molecule has 0 saturated heterocycles. The second kappa shape index (κ2) is 5.73. The Kier molecular flexibility index (Phi) is 3.81. The second-order valence-corrected chi connectivity index (χ2v) is 6.53. The van der Waals surface area contributed by atoms with E-state index in [1.165, 1.54) is 22.6 Å². The largest absolute Gasteiger partial charge is 0.311 e. The van der Waals surface area contributed by atoms with E-state index in [1.807, 2.05) is 0 Å². The van der Waals surface area contributed by atoms with Crippen molar-refractivity contribution in [3.63, 3.8) is 0 Å². The highest BCUT2D eigenvalue weighted by atomic mass is 32.1. The van der Waals surface area contributed by atoms with Crippen molar-refractivity contribution in [1.29, 1.82) is 5.26 Å². The SMILES string of the molecule is N#Cc1c(NC(=O)c2cscn2)sc2c1CCCCC2. The van der Waals surface area contributed by atoms with Gasteiger partial charge in [0.25, 0.3) is 5.91 Å². The van der Waals surface area contributed by atoms with Gasteiger partial charge in [-0.3, -0.25) is 4.79 Å². The standard InChI is InChI=1S/C14H13N3OS2/c15-6-10-9-4-2-1-3-5-12(9)20-14(10)17-13(18)11-7-19-8-16-11/h7-8H,1-5H2,(H,17,18). The summed E-state index contributed by atoms with van der Waals surface area (Å²) in [5.41, 5.74) is 3.82. The Labute approximate surface area is 125 Å². The Morgan fingerprint density at radius 1 is 1.35 bits per heavy atom. The predicted octanol–water partition coefficient (Wildman–Crippen LogP) is 3.60. The van der Waals surface area contributed by atoms with E-state index in [1.54, 1.807) is 22.2 Å². The molecule has 20 heavy (non-hydrogen) atoms. The van der Waals surface area contributed by atoms with Gasteiger partial charge in [0.15, 0.2) is 0 Å². The molecule has 6 heteroatoms. The van der Waals surface area contributed by atoms with Crippen LogP contribution in [0.25, 0.3) is 0 Å². The zero-order chi connectivity index (χ0) is 13.9. The first-order valence-corrected chi connectivity index (χ1v) is 8.29. The first-order valence-electron chi connectivity index (χ1n) is 6.53. The van der Waals surface area contributed by atoms with E-state index in [4.69, 9.17) is 0 Å². The maximum Gasteiger partial charge on any atom is 0.275 e. The average Bonchev–Trinajstić information content (AvgIpc) is 3.02. The molecule has 0 saturated carbocycles. The molecule has 1 amide bonds. The van der Waals surface area contributed by atoms with Crippen LogP contribution in [0.4, 0.5) is 5.00 Å². The third kappa shape index (κ3) is 2.47. The fourth-order valence-corrected chi connectivity index (χ4v) is 4.21. The number of anilines is 1. The minimum atomic E-state index is -0.237. The van der Waals surface area contributed by atoms with Crippen molar-refractivity contribution in [2.45, 2.75) is 32.1 Å². The molecule has 0 atom stereocenters. The van der Waals surface area contributed by atoms with Gasteiger partial charge in [0.1, 0.15) is 16.8 Å². The van der Waals surface area contributed by atoms with Gasteiger partial charge < -0.3 is 5.32 Å². The van der Waals surface area contributed by atoms with Gasteiger partial charge in [0, 0.05) is 10.3 Å². The van der Waals surface area contributed by atoms with E-state index < -0.39 is 0 Å². The van der Waals surface area contributed by atoms with Crippen LogP contribution in [-0.4, -0.2) is 10.9 Å². The highest BCUT2D eigenvalue weighted by Gasteiger charge is 2.21. The van der Waals surface area contributed by atoms with Gasteiger partial charge in [0.2, 0.25) is 0 Å². The maximum atomic E-state index is 12.1. The molecular weight excluding hydrogens is 290 g/mol. The van der Waals surface area contributed by atoms with Crippen LogP contribution in [0.1, 0.15) is 45.8 Å². The third-order valence-corrected chi connectivity index (χ3v) is 5.22. The highest BCUT2D eigenvalue weighted by molar-refractivity contribution is 7.16. The molecule has 1 aliphatic rings. The zero-order valence-corrected chi connectivity index (χ0v) is 12.4. The number of hydrogen-bond donors (Lipinski definition) is 1. The van der Waals surface area contributed by atoms with E-state index >= 15 is 0 Å². The molecular formula is C14H13N3OS2. The Morgan fingerprint density at radius 2 is 2.20 bits per heavy atom. The summed E-state index contributed by atoms with van der Waals surface area (Å²) in [6, 6.07) is 2.26. The van der Waals surface area contributed by atoms with Crippen LogP contribution < -0.4 is 5.32 Å². The third-order valence-electron chi connectivity index (χ3n) is 3.43. The van der Waals surface area contributed by atoms with Gasteiger partial charge in [-0.1, -0.05) is 6.42 Å². The number of carbonyl (C=O) groups is 1. The molecule has 4 nitrogen and oxygen atoms in total. The molecule has 102 valence electrons. The van der Waals surface area contributed by atoms with Crippen molar-refractivity contribution in [2.75, 3.05) is 5.32 Å². The summed E-state index contributed by atoms with van der Waals surface area (Å²) in [4.78, 5) is 17.3. The van der Waals surface area contributed by atoms with Gasteiger partial charge in [-0.15, -0.1) is 22.7 Å². The Balaban J connectivity index is 1.90. The molecule has 0 aromatic carbocycles. The normalized spacial score (nSPS) is 14.2. The van der Waals surface area contributed by atoms with Crippen LogP contribution >= 0.6 is 22.7 Å². The van der Waals surface area contributed by atoms with Crippen LogP contribution in [0.5, 0.6) is 0 Å². The molecule has 0 aliphatic heterocycles. The van der Waals surface area contributed by atoms with Gasteiger partial charge in [-0.2, -0.15) is 5.26 Å². The lowest BCUT2D eigenvalue weighted by atomic mass is 10.1. The van der Waals surface area contributed by atoms with E-state index in [9.17, 15) is 10.1 Å². The molecule has 1 aliphatic carbocycles. The lowest BCUT2D eigenvalue weighted by Crippen LogP contribution is -2.12. The molecule has 0 unspecified atom stereocenters.